The second-order valence-electron chi connectivity index (χ2n) is 8.37. The van der Waals surface area contributed by atoms with Crippen LogP contribution in [0.15, 0.2) is 24.4 Å². The van der Waals surface area contributed by atoms with Crippen LogP contribution < -0.4 is 10.2 Å². The van der Waals surface area contributed by atoms with Gasteiger partial charge in [-0.3, -0.25) is 9.59 Å². The monoisotopic (exact) mass is 370 g/mol. The first-order chi connectivity index (χ1) is 13.1. The molecule has 2 aliphatic heterocycles. The number of amides is 2. The zero-order valence-corrected chi connectivity index (χ0v) is 16.2. The Labute approximate surface area is 161 Å². The molecule has 4 rings (SSSR count). The van der Waals surface area contributed by atoms with Crippen LogP contribution in [0.25, 0.3) is 0 Å². The summed E-state index contributed by atoms with van der Waals surface area (Å²) in [5.74, 6) is 2.12. The highest BCUT2D eigenvalue weighted by atomic mass is 16.2. The Bertz CT molecular complexity index is 691. The van der Waals surface area contributed by atoms with Crippen molar-refractivity contribution in [1.82, 2.24) is 15.2 Å². The van der Waals surface area contributed by atoms with Gasteiger partial charge in [0, 0.05) is 51.3 Å². The number of carbonyl (C=O) groups is 2. The molecular weight excluding hydrogens is 340 g/mol. The standard InChI is InChI=1S/C21H30N4O2/c1-2-19(26)24-11-5-9-21(20(27)23-12-16-7-8-16)15-25(14-17(21)13-24)18-6-3-4-10-22-18/h3-4,6,10,16-17H,2,5,7-9,11-15H2,1H3,(H,23,27)/t17-,21-/m0/s1. The van der Waals surface area contributed by atoms with Crippen molar-refractivity contribution in [2.75, 3.05) is 37.6 Å². The third-order valence-electron chi connectivity index (χ3n) is 6.52. The minimum Gasteiger partial charge on any atom is -0.355 e. The molecule has 6 heteroatoms. The zero-order valence-electron chi connectivity index (χ0n) is 16.2. The summed E-state index contributed by atoms with van der Waals surface area (Å²) in [7, 11) is 0. The van der Waals surface area contributed by atoms with E-state index in [2.05, 4.69) is 15.2 Å². The molecule has 3 fully saturated rings. The molecule has 1 N–H and O–H groups in total. The number of anilines is 1. The maximum atomic E-state index is 13.3. The fourth-order valence-electron chi connectivity index (χ4n) is 4.70. The molecule has 1 saturated carbocycles. The smallest absolute Gasteiger partial charge is 0.228 e. The van der Waals surface area contributed by atoms with Gasteiger partial charge in [-0.2, -0.15) is 0 Å². The van der Waals surface area contributed by atoms with Gasteiger partial charge in [0.25, 0.3) is 0 Å². The summed E-state index contributed by atoms with van der Waals surface area (Å²) in [5.41, 5.74) is -0.421. The van der Waals surface area contributed by atoms with Crippen LogP contribution in [0.5, 0.6) is 0 Å². The lowest BCUT2D eigenvalue weighted by Crippen LogP contribution is -2.48. The minimum atomic E-state index is -0.421. The van der Waals surface area contributed by atoms with Crippen LogP contribution in [-0.4, -0.2) is 54.4 Å². The van der Waals surface area contributed by atoms with Gasteiger partial charge in [0.05, 0.1) is 5.41 Å². The van der Waals surface area contributed by atoms with Crippen LogP contribution in [-0.2, 0) is 9.59 Å². The van der Waals surface area contributed by atoms with Gasteiger partial charge in [0.2, 0.25) is 11.8 Å². The lowest BCUT2D eigenvalue weighted by atomic mass is 9.74. The van der Waals surface area contributed by atoms with Crippen molar-refractivity contribution in [1.29, 1.82) is 0 Å². The number of likely N-dealkylation sites (tertiary alicyclic amines) is 1. The van der Waals surface area contributed by atoms with Crippen molar-refractivity contribution in [3.63, 3.8) is 0 Å². The first-order valence-electron chi connectivity index (χ1n) is 10.3. The molecule has 0 spiro atoms. The number of nitrogens with zero attached hydrogens (tertiary/aromatic N) is 3. The molecule has 0 aromatic carbocycles. The molecule has 0 bridgehead atoms. The molecule has 2 atom stereocenters. The Morgan fingerprint density at radius 1 is 1.30 bits per heavy atom. The van der Waals surface area contributed by atoms with Crippen LogP contribution in [0.4, 0.5) is 5.82 Å². The Balaban J connectivity index is 1.58. The van der Waals surface area contributed by atoms with Crippen molar-refractivity contribution in [2.45, 2.75) is 39.0 Å². The quantitative estimate of drug-likeness (QED) is 0.862. The number of pyridine rings is 1. The second kappa shape index (κ2) is 7.49. The van der Waals surface area contributed by atoms with Gasteiger partial charge >= 0.3 is 0 Å². The fourth-order valence-corrected chi connectivity index (χ4v) is 4.70. The number of hydrogen-bond donors (Lipinski definition) is 1. The summed E-state index contributed by atoms with van der Waals surface area (Å²) < 4.78 is 0. The fraction of sp³-hybridized carbons (Fsp3) is 0.667. The van der Waals surface area contributed by atoms with Crippen molar-refractivity contribution in [2.24, 2.45) is 17.3 Å². The predicted molar refractivity (Wildman–Crippen MR) is 104 cm³/mol. The summed E-state index contributed by atoms with van der Waals surface area (Å²) in [6.07, 6.45) is 6.51. The first kappa shape index (κ1) is 18.3. The molecule has 2 amide bonds. The number of rotatable bonds is 5. The normalized spacial score (nSPS) is 27.8. The molecule has 27 heavy (non-hydrogen) atoms. The Morgan fingerprint density at radius 2 is 2.15 bits per heavy atom. The van der Waals surface area contributed by atoms with Crippen molar-refractivity contribution in [3.8, 4) is 0 Å². The maximum Gasteiger partial charge on any atom is 0.228 e. The third-order valence-corrected chi connectivity index (χ3v) is 6.52. The largest absolute Gasteiger partial charge is 0.355 e. The third kappa shape index (κ3) is 3.66. The van der Waals surface area contributed by atoms with Crippen molar-refractivity contribution >= 4 is 17.6 Å². The van der Waals surface area contributed by atoms with E-state index in [-0.39, 0.29) is 17.7 Å². The SMILES string of the molecule is CCC(=O)N1CCC[C@]2(C(=O)NCC3CC3)CN(c3ccccn3)C[C@@H]2C1. The molecule has 0 radical (unpaired) electrons. The Kier molecular flexibility index (Phi) is 5.06. The van der Waals surface area contributed by atoms with Crippen LogP contribution in [0.2, 0.25) is 0 Å². The van der Waals surface area contributed by atoms with Gasteiger partial charge in [-0.25, -0.2) is 4.98 Å². The van der Waals surface area contributed by atoms with E-state index in [1.54, 1.807) is 6.20 Å². The molecule has 3 aliphatic rings. The van der Waals surface area contributed by atoms with Crippen LogP contribution in [0.3, 0.4) is 0 Å². The highest BCUT2D eigenvalue weighted by Gasteiger charge is 2.53. The second-order valence-corrected chi connectivity index (χ2v) is 8.37. The number of fused-ring (bicyclic) bond motifs is 1. The van der Waals surface area contributed by atoms with Crippen LogP contribution >= 0.6 is 0 Å². The van der Waals surface area contributed by atoms with Gasteiger partial charge in [0.1, 0.15) is 5.82 Å². The highest BCUT2D eigenvalue weighted by molar-refractivity contribution is 5.85. The van der Waals surface area contributed by atoms with E-state index >= 15 is 0 Å². The van der Waals surface area contributed by atoms with Crippen molar-refractivity contribution < 1.29 is 9.59 Å². The molecule has 2 saturated heterocycles. The number of hydrogen-bond acceptors (Lipinski definition) is 4. The molecule has 3 heterocycles. The van der Waals surface area contributed by atoms with Gasteiger partial charge in [0.15, 0.2) is 0 Å². The van der Waals surface area contributed by atoms with Gasteiger partial charge < -0.3 is 15.1 Å². The molecule has 1 aromatic rings. The van der Waals surface area contributed by atoms with Crippen molar-refractivity contribution in [3.05, 3.63) is 24.4 Å². The predicted octanol–water partition coefficient (Wildman–Crippen LogP) is 2.06. The van der Waals surface area contributed by atoms with E-state index in [1.807, 2.05) is 30.0 Å². The van der Waals surface area contributed by atoms with E-state index in [0.29, 0.717) is 25.4 Å². The summed E-state index contributed by atoms with van der Waals surface area (Å²) in [6, 6.07) is 5.91. The molecule has 0 unspecified atom stereocenters. The molecule has 146 valence electrons. The van der Waals surface area contributed by atoms with E-state index in [1.165, 1.54) is 12.8 Å². The summed E-state index contributed by atoms with van der Waals surface area (Å²) >= 11 is 0. The highest BCUT2D eigenvalue weighted by Crippen LogP contribution is 2.44. The molecule has 1 aromatic heterocycles. The average molecular weight is 370 g/mol. The average Bonchev–Trinajstić information content (AvgIpc) is 3.49. The summed E-state index contributed by atoms with van der Waals surface area (Å²) in [5, 5.41) is 3.24. The van der Waals surface area contributed by atoms with E-state index in [0.717, 1.165) is 38.3 Å². The number of carbonyl (C=O) groups excluding carboxylic acids is 2. The lowest BCUT2D eigenvalue weighted by Gasteiger charge is -2.32. The maximum absolute atomic E-state index is 13.3. The Morgan fingerprint density at radius 3 is 2.85 bits per heavy atom. The zero-order chi connectivity index (χ0) is 18.9. The lowest BCUT2D eigenvalue weighted by molar-refractivity contribution is -0.135. The molecule has 1 aliphatic carbocycles. The van der Waals surface area contributed by atoms with E-state index < -0.39 is 5.41 Å². The minimum absolute atomic E-state index is 0.150. The van der Waals surface area contributed by atoms with Gasteiger partial charge in [-0.05, 0) is 43.7 Å². The number of nitrogens with one attached hydrogen (secondary N) is 1. The van der Waals surface area contributed by atoms with Crippen LogP contribution in [0.1, 0.15) is 39.0 Å². The summed E-state index contributed by atoms with van der Waals surface area (Å²) in [4.78, 5) is 34.4. The molecule has 6 nitrogen and oxygen atoms in total. The summed E-state index contributed by atoms with van der Waals surface area (Å²) in [6.45, 7) is 5.63. The van der Waals surface area contributed by atoms with Gasteiger partial charge in [-0.1, -0.05) is 13.0 Å². The molecular formula is C21H30N4O2. The first-order valence-corrected chi connectivity index (χ1v) is 10.3. The topological polar surface area (TPSA) is 65.5 Å². The van der Waals surface area contributed by atoms with Gasteiger partial charge in [-0.15, -0.1) is 0 Å². The number of aromatic nitrogens is 1. The van der Waals surface area contributed by atoms with E-state index in [9.17, 15) is 9.59 Å². The van der Waals surface area contributed by atoms with E-state index in [4.69, 9.17) is 0 Å². The van der Waals surface area contributed by atoms with Crippen LogP contribution in [0, 0.1) is 17.3 Å². The Hall–Kier alpha value is -2.11.